The normalized spacial score (nSPS) is 21.2. The second kappa shape index (κ2) is 10.9. The van der Waals surface area contributed by atoms with E-state index in [0.717, 1.165) is 38.8 Å². The first-order chi connectivity index (χ1) is 13.5. The van der Waals surface area contributed by atoms with Gasteiger partial charge in [0.15, 0.2) is 0 Å². The molecule has 0 aliphatic carbocycles. The van der Waals surface area contributed by atoms with Crippen molar-refractivity contribution in [3.63, 3.8) is 0 Å². The van der Waals surface area contributed by atoms with Crippen LogP contribution in [0.15, 0.2) is 24.3 Å². The number of benzene rings is 1. The predicted octanol–water partition coefficient (Wildman–Crippen LogP) is 2.23. The number of halogens is 2. The Balaban J connectivity index is 0.00000300. The summed E-state index contributed by atoms with van der Waals surface area (Å²) in [4.78, 5) is 27.2. The third-order valence-electron chi connectivity index (χ3n) is 5.92. The lowest BCUT2D eigenvalue weighted by molar-refractivity contribution is -0.127. The SMILES string of the molecule is COCC1(CNC(=O)C2CCCN(C(=O)c3ccc(F)cc3)C2)CCNCC1.Cl. The summed E-state index contributed by atoms with van der Waals surface area (Å²) in [7, 11) is 1.70. The van der Waals surface area contributed by atoms with E-state index in [1.165, 1.54) is 24.3 Å². The molecule has 3 rings (SSSR count). The highest BCUT2D eigenvalue weighted by molar-refractivity contribution is 5.94. The minimum Gasteiger partial charge on any atom is -0.384 e. The molecule has 1 aromatic carbocycles. The number of hydrogen-bond acceptors (Lipinski definition) is 4. The topological polar surface area (TPSA) is 70.7 Å². The molecule has 2 amide bonds. The van der Waals surface area contributed by atoms with E-state index in [9.17, 15) is 14.0 Å². The van der Waals surface area contributed by atoms with Crippen LogP contribution in [0, 0.1) is 17.2 Å². The van der Waals surface area contributed by atoms with Crippen LogP contribution in [-0.4, -0.2) is 63.2 Å². The number of nitrogens with one attached hydrogen (secondary N) is 2. The summed E-state index contributed by atoms with van der Waals surface area (Å²) in [6, 6.07) is 5.56. The van der Waals surface area contributed by atoms with Crippen LogP contribution in [0.3, 0.4) is 0 Å². The molecule has 162 valence electrons. The molecule has 2 saturated heterocycles. The molecular formula is C21H31ClFN3O3. The molecule has 2 heterocycles. The van der Waals surface area contributed by atoms with Crippen molar-refractivity contribution in [2.24, 2.45) is 11.3 Å². The Labute approximate surface area is 178 Å². The monoisotopic (exact) mass is 427 g/mol. The van der Waals surface area contributed by atoms with E-state index < -0.39 is 0 Å². The third-order valence-corrected chi connectivity index (χ3v) is 5.92. The fourth-order valence-corrected chi connectivity index (χ4v) is 4.21. The molecule has 2 aliphatic rings. The maximum Gasteiger partial charge on any atom is 0.253 e. The van der Waals surface area contributed by atoms with E-state index in [-0.39, 0.29) is 41.4 Å². The van der Waals surface area contributed by atoms with Gasteiger partial charge in [0.1, 0.15) is 5.82 Å². The maximum atomic E-state index is 13.1. The van der Waals surface area contributed by atoms with Crippen LogP contribution in [0.2, 0.25) is 0 Å². The van der Waals surface area contributed by atoms with E-state index in [0.29, 0.717) is 31.8 Å². The van der Waals surface area contributed by atoms with Crippen LogP contribution >= 0.6 is 12.4 Å². The highest BCUT2D eigenvalue weighted by atomic mass is 35.5. The quantitative estimate of drug-likeness (QED) is 0.730. The zero-order valence-electron chi connectivity index (χ0n) is 16.9. The first-order valence-corrected chi connectivity index (χ1v) is 10.1. The first kappa shape index (κ1) is 23.6. The number of amides is 2. The number of ether oxygens (including phenoxy) is 1. The van der Waals surface area contributed by atoms with E-state index >= 15 is 0 Å². The molecular weight excluding hydrogens is 397 g/mol. The van der Waals surface area contributed by atoms with Gasteiger partial charge in [0.05, 0.1) is 12.5 Å². The van der Waals surface area contributed by atoms with E-state index in [1.54, 1.807) is 12.0 Å². The van der Waals surface area contributed by atoms with Gasteiger partial charge in [-0.3, -0.25) is 9.59 Å². The van der Waals surface area contributed by atoms with Crippen molar-refractivity contribution in [1.29, 1.82) is 0 Å². The summed E-state index contributed by atoms with van der Waals surface area (Å²) in [5, 5.41) is 6.47. The van der Waals surface area contributed by atoms with Gasteiger partial charge in [0, 0.05) is 37.7 Å². The van der Waals surface area contributed by atoms with Crippen LogP contribution in [0.5, 0.6) is 0 Å². The Morgan fingerprint density at radius 2 is 1.97 bits per heavy atom. The molecule has 6 nitrogen and oxygen atoms in total. The molecule has 0 radical (unpaired) electrons. The molecule has 0 aromatic heterocycles. The Hall–Kier alpha value is -1.70. The Morgan fingerprint density at radius 3 is 2.62 bits per heavy atom. The number of nitrogens with zero attached hydrogens (tertiary/aromatic N) is 1. The van der Waals surface area contributed by atoms with Crippen LogP contribution in [-0.2, 0) is 9.53 Å². The van der Waals surface area contributed by atoms with Gasteiger partial charge in [-0.1, -0.05) is 0 Å². The van der Waals surface area contributed by atoms with Crippen LogP contribution in [0.25, 0.3) is 0 Å². The molecule has 2 aliphatic heterocycles. The van der Waals surface area contributed by atoms with Crippen molar-refractivity contribution in [3.8, 4) is 0 Å². The van der Waals surface area contributed by atoms with Gasteiger partial charge in [-0.2, -0.15) is 0 Å². The second-order valence-corrected chi connectivity index (χ2v) is 8.00. The van der Waals surface area contributed by atoms with Crippen molar-refractivity contribution in [2.45, 2.75) is 25.7 Å². The van der Waals surface area contributed by atoms with Crippen molar-refractivity contribution in [1.82, 2.24) is 15.5 Å². The fraction of sp³-hybridized carbons (Fsp3) is 0.619. The molecule has 2 N–H and O–H groups in total. The third kappa shape index (κ3) is 6.14. The minimum atomic E-state index is -0.365. The lowest BCUT2D eigenvalue weighted by Gasteiger charge is -2.38. The molecule has 0 saturated carbocycles. The predicted molar refractivity (Wildman–Crippen MR) is 112 cm³/mol. The lowest BCUT2D eigenvalue weighted by atomic mass is 9.79. The number of rotatable bonds is 6. The summed E-state index contributed by atoms with van der Waals surface area (Å²) in [6.45, 7) is 4.13. The van der Waals surface area contributed by atoms with Crippen molar-refractivity contribution in [3.05, 3.63) is 35.6 Å². The average Bonchev–Trinajstić information content (AvgIpc) is 2.73. The Morgan fingerprint density at radius 1 is 1.28 bits per heavy atom. The number of carbonyl (C=O) groups is 2. The van der Waals surface area contributed by atoms with Gasteiger partial charge in [0.25, 0.3) is 5.91 Å². The highest BCUT2D eigenvalue weighted by Gasteiger charge is 2.34. The molecule has 1 atom stereocenters. The summed E-state index contributed by atoms with van der Waals surface area (Å²) in [5.74, 6) is -0.716. The number of likely N-dealkylation sites (tertiary alicyclic amines) is 1. The number of methoxy groups -OCH3 is 1. The largest absolute Gasteiger partial charge is 0.384 e. The maximum absolute atomic E-state index is 13.1. The standard InChI is InChI=1S/C21H30FN3O3.ClH/c1-28-15-21(8-10-23-11-9-21)14-24-19(26)17-3-2-12-25(13-17)20(27)16-4-6-18(22)7-5-16;/h4-7,17,23H,2-3,8-15H2,1H3,(H,24,26);1H. The molecule has 0 bridgehead atoms. The van der Waals surface area contributed by atoms with Gasteiger partial charge in [0.2, 0.25) is 5.91 Å². The van der Waals surface area contributed by atoms with Crippen molar-refractivity contribution < 1.29 is 18.7 Å². The van der Waals surface area contributed by atoms with Crippen molar-refractivity contribution >= 4 is 24.2 Å². The summed E-state index contributed by atoms with van der Waals surface area (Å²) in [5.41, 5.74) is 0.435. The molecule has 1 unspecified atom stereocenters. The summed E-state index contributed by atoms with van der Waals surface area (Å²) < 4.78 is 18.5. The average molecular weight is 428 g/mol. The van der Waals surface area contributed by atoms with Gasteiger partial charge in [-0.25, -0.2) is 4.39 Å². The van der Waals surface area contributed by atoms with E-state index in [2.05, 4.69) is 10.6 Å². The zero-order chi connectivity index (χ0) is 20.0. The highest BCUT2D eigenvalue weighted by Crippen LogP contribution is 2.28. The zero-order valence-corrected chi connectivity index (χ0v) is 17.7. The minimum absolute atomic E-state index is 0. The molecule has 29 heavy (non-hydrogen) atoms. The van der Waals surface area contributed by atoms with Crippen LogP contribution in [0.1, 0.15) is 36.0 Å². The molecule has 1 aromatic rings. The van der Waals surface area contributed by atoms with E-state index in [4.69, 9.17) is 4.74 Å². The lowest BCUT2D eigenvalue weighted by Crippen LogP contribution is -2.50. The van der Waals surface area contributed by atoms with Crippen molar-refractivity contribution in [2.75, 3.05) is 46.4 Å². The molecule has 8 heteroatoms. The number of carbonyl (C=O) groups excluding carboxylic acids is 2. The van der Waals surface area contributed by atoms with Gasteiger partial charge >= 0.3 is 0 Å². The molecule has 0 spiro atoms. The van der Waals surface area contributed by atoms with Crippen LogP contribution in [0.4, 0.5) is 4.39 Å². The summed E-state index contributed by atoms with van der Waals surface area (Å²) in [6.07, 6.45) is 3.51. The van der Waals surface area contributed by atoms with Gasteiger partial charge in [-0.05, 0) is 63.0 Å². The number of piperidine rings is 2. The Kier molecular flexibility index (Phi) is 8.86. The van der Waals surface area contributed by atoms with E-state index in [1.807, 2.05) is 0 Å². The van der Waals surface area contributed by atoms with Gasteiger partial charge in [-0.15, -0.1) is 12.4 Å². The number of hydrogen-bond donors (Lipinski definition) is 2. The fourth-order valence-electron chi connectivity index (χ4n) is 4.21. The Bertz CT molecular complexity index is 675. The van der Waals surface area contributed by atoms with Gasteiger partial charge < -0.3 is 20.3 Å². The van der Waals surface area contributed by atoms with Crippen LogP contribution < -0.4 is 10.6 Å². The first-order valence-electron chi connectivity index (χ1n) is 10.1. The second-order valence-electron chi connectivity index (χ2n) is 8.00. The molecule has 2 fully saturated rings. The smallest absolute Gasteiger partial charge is 0.253 e. The summed E-state index contributed by atoms with van der Waals surface area (Å²) >= 11 is 0.